The second kappa shape index (κ2) is 14.5. The fourth-order valence-electron chi connectivity index (χ4n) is 6.10. The number of rotatable bonds is 7. The predicted octanol–water partition coefficient (Wildman–Crippen LogP) is 4.13. The molecule has 0 radical (unpaired) electrons. The zero-order valence-corrected chi connectivity index (χ0v) is 26.6. The van der Waals surface area contributed by atoms with Gasteiger partial charge in [0.1, 0.15) is 0 Å². The molecule has 1 aliphatic carbocycles. The summed E-state index contributed by atoms with van der Waals surface area (Å²) in [6.07, 6.45) is 13.3. The first kappa shape index (κ1) is 32.0. The van der Waals surface area contributed by atoms with Crippen LogP contribution in [0, 0.1) is 5.92 Å². The third kappa shape index (κ3) is 8.56. The lowest BCUT2D eigenvalue weighted by molar-refractivity contribution is 0.209. The Morgan fingerprint density at radius 2 is 1.44 bits per heavy atom. The van der Waals surface area contributed by atoms with Crippen LogP contribution in [0.5, 0.6) is 0 Å². The lowest BCUT2D eigenvalue weighted by Crippen LogP contribution is -2.45. The number of piperidine rings is 1. The molecule has 1 aromatic rings. The number of benzene rings is 1. The van der Waals surface area contributed by atoms with Gasteiger partial charge >= 0.3 is 10.2 Å². The van der Waals surface area contributed by atoms with E-state index in [9.17, 15) is 16.8 Å². The summed E-state index contributed by atoms with van der Waals surface area (Å²) >= 11 is 0. The normalized spacial score (nSPS) is 23.1. The highest BCUT2D eigenvalue weighted by atomic mass is 32.2. The molecular weight excluding hydrogens is 558 g/mol. The summed E-state index contributed by atoms with van der Waals surface area (Å²) in [4.78, 5) is 4.53. The molecule has 0 amide bonds. The van der Waals surface area contributed by atoms with E-state index in [0.717, 1.165) is 38.0 Å². The first-order valence-corrected chi connectivity index (χ1v) is 18.0. The van der Waals surface area contributed by atoms with E-state index in [4.69, 9.17) is 0 Å². The Labute approximate surface area is 248 Å². The molecule has 1 saturated heterocycles. The molecule has 1 saturated carbocycles. The molecule has 41 heavy (non-hydrogen) atoms. The molecule has 0 unspecified atom stereocenters. The Morgan fingerprint density at radius 1 is 0.805 bits per heavy atom. The van der Waals surface area contributed by atoms with Gasteiger partial charge in [0.25, 0.3) is 0 Å². The standard InChI is InChI=1S/C30H49N5O4S2/c1-27-24-34(40(36,37)30-16-14-29(15-17-30)31(2)3)22-10-18-32(26-28-12-6-4-7-13-28)19-11-23-35(25-27)41(38,39)33-20-8-5-9-21-33/h11,14-17,23,28H,1,4-10,12-13,18-22,24-26H2,2-3H3/b23-11-. The van der Waals surface area contributed by atoms with E-state index in [1.165, 1.54) is 40.7 Å². The van der Waals surface area contributed by atoms with Gasteiger partial charge in [-0.05, 0) is 74.4 Å². The topological polar surface area (TPSA) is 84.5 Å². The summed E-state index contributed by atoms with van der Waals surface area (Å²) < 4.78 is 59.5. The fourth-order valence-corrected chi connectivity index (χ4v) is 9.20. The highest BCUT2D eigenvalue weighted by molar-refractivity contribution is 7.89. The van der Waals surface area contributed by atoms with Crippen molar-refractivity contribution in [3.8, 4) is 0 Å². The van der Waals surface area contributed by atoms with Crippen molar-refractivity contribution in [2.75, 3.05) is 71.4 Å². The van der Waals surface area contributed by atoms with E-state index >= 15 is 0 Å². The molecule has 4 rings (SSSR count). The summed E-state index contributed by atoms with van der Waals surface area (Å²) in [5.74, 6) is 0.632. The number of sulfonamides is 1. The smallest absolute Gasteiger partial charge is 0.303 e. The zero-order valence-electron chi connectivity index (χ0n) is 25.0. The maximum atomic E-state index is 13.9. The Hall–Kier alpha value is -1.92. The van der Waals surface area contributed by atoms with Crippen LogP contribution in [0.15, 0.2) is 53.6 Å². The second-order valence-electron chi connectivity index (χ2n) is 12.0. The predicted molar refractivity (Wildman–Crippen MR) is 166 cm³/mol. The van der Waals surface area contributed by atoms with Crippen molar-refractivity contribution in [2.24, 2.45) is 5.92 Å². The van der Waals surface area contributed by atoms with Crippen LogP contribution in [0.2, 0.25) is 0 Å². The average molecular weight is 608 g/mol. The van der Waals surface area contributed by atoms with Crippen LogP contribution in [-0.4, -0.2) is 101 Å². The van der Waals surface area contributed by atoms with Gasteiger partial charge in [0.05, 0.1) is 11.4 Å². The summed E-state index contributed by atoms with van der Waals surface area (Å²) in [7, 11) is -3.71. The van der Waals surface area contributed by atoms with Crippen molar-refractivity contribution in [3.05, 3.63) is 48.7 Å². The average Bonchev–Trinajstić information content (AvgIpc) is 2.96. The van der Waals surface area contributed by atoms with E-state index in [0.29, 0.717) is 44.1 Å². The van der Waals surface area contributed by atoms with Crippen LogP contribution in [0.3, 0.4) is 0 Å². The summed E-state index contributed by atoms with van der Waals surface area (Å²) in [6, 6.07) is 6.91. The first-order chi connectivity index (χ1) is 19.6. The van der Waals surface area contributed by atoms with E-state index < -0.39 is 20.2 Å². The summed E-state index contributed by atoms with van der Waals surface area (Å²) in [5.41, 5.74) is 1.47. The largest absolute Gasteiger partial charge is 0.378 e. The minimum Gasteiger partial charge on any atom is -0.378 e. The Morgan fingerprint density at radius 3 is 2.10 bits per heavy atom. The van der Waals surface area contributed by atoms with Gasteiger partial charge in [0.2, 0.25) is 10.0 Å². The Kier molecular flexibility index (Phi) is 11.3. The number of hydrogen-bond acceptors (Lipinski definition) is 6. The van der Waals surface area contributed by atoms with Gasteiger partial charge in [0, 0.05) is 65.3 Å². The first-order valence-electron chi connectivity index (χ1n) is 15.2. The van der Waals surface area contributed by atoms with Crippen molar-refractivity contribution in [3.63, 3.8) is 0 Å². The molecule has 0 N–H and O–H groups in total. The molecular formula is C30H49N5O4S2. The molecule has 2 fully saturated rings. The quantitative estimate of drug-likeness (QED) is 0.434. The van der Waals surface area contributed by atoms with E-state index in [2.05, 4.69) is 11.5 Å². The minimum absolute atomic E-state index is 0.0452. The van der Waals surface area contributed by atoms with Gasteiger partial charge in [-0.1, -0.05) is 38.3 Å². The van der Waals surface area contributed by atoms with Gasteiger partial charge < -0.3 is 4.90 Å². The van der Waals surface area contributed by atoms with Gasteiger partial charge in [-0.15, -0.1) is 0 Å². The van der Waals surface area contributed by atoms with Crippen molar-refractivity contribution in [2.45, 2.75) is 62.7 Å². The molecule has 230 valence electrons. The molecule has 0 bridgehead atoms. The molecule has 1 aromatic carbocycles. The highest BCUT2D eigenvalue weighted by Gasteiger charge is 2.31. The van der Waals surface area contributed by atoms with Gasteiger partial charge in [-0.3, -0.25) is 9.21 Å². The molecule has 11 heteroatoms. The maximum absolute atomic E-state index is 13.9. The molecule has 0 aromatic heterocycles. The zero-order chi connectivity index (χ0) is 29.5. The SMILES string of the molecule is C=C1CN(S(=O)(=O)c2ccc(N(C)C)cc2)CCCN(CC2CCCCC2)C/C=C\N(S(=O)(=O)N2CCCCC2)C1. The summed E-state index contributed by atoms with van der Waals surface area (Å²) in [5, 5.41) is 0. The maximum Gasteiger partial charge on any atom is 0.303 e. The monoisotopic (exact) mass is 607 g/mol. The van der Waals surface area contributed by atoms with Crippen molar-refractivity contribution in [1.82, 2.24) is 17.8 Å². The van der Waals surface area contributed by atoms with Gasteiger partial charge in [0.15, 0.2) is 0 Å². The minimum atomic E-state index is -3.81. The van der Waals surface area contributed by atoms with Crippen LogP contribution >= 0.6 is 0 Å². The van der Waals surface area contributed by atoms with Crippen LogP contribution < -0.4 is 4.90 Å². The number of nitrogens with zero attached hydrogens (tertiary/aromatic N) is 5. The van der Waals surface area contributed by atoms with Crippen molar-refractivity contribution < 1.29 is 16.8 Å². The lowest BCUT2D eigenvalue weighted by atomic mass is 9.89. The molecule has 2 aliphatic heterocycles. The van der Waals surface area contributed by atoms with Gasteiger partial charge in [-0.2, -0.15) is 17.0 Å². The summed E-state index contributed by atoms with van der Waals surface area (Å²) in [6.45, 7) is 7.97. The van der Waals surface area contributed by atoms with Crippen molar-refractivity contribution in [1.29, 1.82) is 0 Å². The Bertz CT molecular complexity index is 1240. The third-order valence-corrected chi connectivity index (χ3v) is 12.2. The van der Waals surface area contributed by atoms with E-state index in [-0.39, 0.29) is 18.0 Å². The van der Waals surface area contributed by atoms with Crippen LogP contribution in [-0.2, 0) is 20.2 Å². The van der Waals surface area contributed by atoms with E-state index in [1.807, 2.05) is 37.2 Å². The number of anilines is 1. The molecule has 2 heterocycles. The molecule has 9 nitrogen and oxygen atoms in total. The molecule has 0 atom stereocenters. The van der Waals surface area contributed by atoms with E-state index in [1.54, 1.807) is 22.6 Å². The molecule has 0 spiro atoms. The lowest BCUT2D eigenvalue weighted by Gasteiger charge is -2.34. The Balaban J connectivity index is 1.60. The van der Waals surface area contributed by atoms with Gasteiger partial charge in [-0.25, -0.2) is 8.42 Å². The van der Waals surface area contributed by atoms with Crippen LogP contribution in [0.4, 0.5) is 5.69 Å². The number of hydrogen-bond donors (Lipinski definition) is 0. The third-order valence-electron chi connectivity index (χ3n) is 8.47. The highest BCUT2D eigenvalue weighted by Crippen LogP contribution is 2.26. The fraction of sp³-hybridized carbons (Fsp3) is 0.667. The van der Waals surface area contributed by atoms with Crippen LogP contribution in [0.25, 0.3) is 0 Å². The second-order valence-corrected chi connectivity index (χ2v) is 15.8. The molecule has 3 aliphatic rings. The van der Waals surface area contributed by atoms with Crippen molar-refractivity contribution >= 4 is 25.9 Å². The van der Waals surface area contributed by atoms with Crippen LogP contribution in [0.1, 0.15) is 57.8 Å².